The Morgan fingerprint density at radius 3 is 1.91 bits per heavy atom. The molecule has 3 atom stereocenters. The number of thiol groups is 1. The molecule has 2 aliphatic rings. The largest absolute Gasteiger partial charge is 0.460 e. The predicted octanol–water partition coefficient (Wildman–Crippen LogP) is 2.52. The van der Waals surface area contributed by atoms with Gasteiger partial charge in [0.25, 0.3) is 11.4 Å². The molecule has 16 nitrogen and oxygen atoms in total. The highest BCUT2D eigenvalue weighted by atomic mass is 32.1. The van der Waals surface area contributed by atoms with Crippen molar-refractivity contribution in [3.63, 3.8) is 0 Å². The van der Waals surface area contributed by atoms with Crippen molar-refractivity contribution in [2.24, 2.45) is 0 Å². The highest BCUT2D eigenvalue weighted by Crippen LogP contribution is 2.27. The highest BCUT2D eigenvalue weighted by molar-refractivity contribution is 7.81. The number of likely N-dealkylation sites (tertiary alicyclic amines) is 1. The third kappa shape index (κ3) is 9.13. The minimum absolute atomic E-state index is 0.0366. The molecular weight excluding hydrogens is 624 g/mol. The summed E-state index contributed by atoms with van der Waals surface area (Å²) in [5.74, 6) is -0.905. The van der Waals surface area contributed by atoms with Crippen molar-refractivity contribution in [2.45, 2.75) is 49.9 Å². The van der Waals surface area contributed by atoms with E-state index in [9.17, 15) is 39.7 Å². The number of esters is 1. The van der Waals surface area contributed by atoms with E-state index in [1.54, 1.807) is 9.80 Å². The van der Waals surface area contributed by atoms with Crippen molar-refractivity contribution in [2.75, 3.05) is 32.7 Å². The van der Waals surface area contributed by atoms with Crippen LogP contribution < -0.4 is 0 Å². The maximum absolute atomic E-state index is 13.0. The summed E-state index contributed by atoms with van der Waals surface area (Å²) < 4.78 is 10.6. The summed E-state index contributed by atoms with van der Waals surface area (Å²) in [5, 5.41) is 40.6. The maximum atomic E-state index is 13.0. The van der Waals surface area contributed by atoms with Crippen LogP contribution in [0.15, 0.2) is 48.5 Å². The molecule has 0 aliphatic carbocycles. The van der Waals surface area contributed by atoms with Crippen molar-refractivity contribution in [1.82, 2.24) is 14.7 Å². The van der Waals surface area contributed by atoms with Crippen LogP contribution in [0.4, 0.5) is 16.2 Å². The molecule has 0 saturated carbocycles. The summed E-state index contributed by atoms with van der Waals surface area (Å²) in [6, 6.07) is 10.5. The summed E-state index contributed by atoms with van der Waals surface area (Å²) in [5.41, 5.74) is 0.969. The summed E-state index contributed by atoms with van der Waals surface area (Å²) in [4.78, 5) is 63.2. The zero-order valence-electron chi connectivity index (χ0n) is 24.7. The number of rotatable bonds is 11. The molecule has 46 heavy (non-hydrogen) atoms. The summed E-state index contributed by atoms with van der Waals surface area (Å²) in [6.07, 6.45) is -2.01. The molecule has 2 amide bonds. The van der Waals surface area contributed by atoms with E-state index in [0.29, 0.717) is 30.6 Å². The molecular formula is C29H34N6O10S. The number of benzene rings is 2. The fraction of sp³-hybridized carbons (Fsp3) is 0.448. The number of ether oxygens (including phenoxy) is 2. The highest BCUT2D eigenvalue weighted by Gasteiger charge is 2.40. The van der Waals surface area contributed by atoms with Crippen molar-refractivity contribution < 1.29 is 38.8 Å². The van der Waals surface area contributed by atoms with Gasteiger partial charge in [-0.2, -0.15) is 12.6 Å². The van der Waals surface area contributed by atoms with Gasteiger partial charge in [-0.3, -0.25) is 35.2 Å². The first kappa shape index (κ1) is 34.1. The number of non-ortho nitro benzene ring substituents is 2. The number of aliphatic hydroxyl groups is 1. The molecule has 2 fully saturated rings. The molecule has 2 aromatic carbocycles. The van der Waals surface area contributed by atoms with Crippen LogP contribution in [0.2, 0.25) is 0 Å². The number of amides is 2. The van der Waals surface area contributed by atoms with Crippen LogP contribution >= 0.6 is 12.6 Å². The second-order valence-corrected chi connectivity index (χ2v) is 11.7. The number of nitrogens with zero attached hydrogens (tertiary/aromatic N) is 5. The SMILES string of the molecule is N=C(CC(=O)OCc1ccc([N+](=O)[O-])cc1)N1CCN(C(=O)CC(O)[C@@H]2C[C@H](S)CN2C(=O)OCc2ccc([N+](=O)[O-])cc2)CC1. The fourth-order valence-electron chi connectivity index (χ4n) is 5.21. The van der Waals surface area contributed by atoms with Gasteiger partial charge in [0.2, 0.25) is 5.91 Å². The van der Waals surface area contributed by atoms with Gasteiger partial charge in [0.05, 0.1) is 28.4 Å². The lowest BCUT2D eigenvalue weighted by Gasteiger charge is -2.37. The van der Waals surface area contributed by atoms with E-state index in [4.69, 9.17) is 14.9 Å². The maximum Gasteiger partial charge on any atom is 0.410 e. The first-order valence-corrected chi connectivity index (χ1v) is 14.9. The number of aliphatic hydroxyl groups excluding tert-OH is 1. The van der Waals surface area contributed by atoms with E-state index < -0.39 is 34.1 Å². The number of carbonyl (C=O) groups excluding carboxylic acids is 3. The van der Waals surface area contributed by atoms with Crippen LogP contribution in [0.3, 0.4) is 0 Å². The second kappa shape index (κ2) is 15.5. The first-order valence-electron chi connectivity index (χ1n) is 14.4. The summed E-state index contributed by atoms with van der Waals surface area (Å²) in [7, 11) is 0. The quantitative estimate of drug-likeness (QED) is 0.0798. The topological polar surface area (TPSA) is 210 Å². The van der Waals surface area contributed by atoms with E-state index in [0.717, 1.165) is 0 Å². The molecule has 1 unspecified atom stereocenters. The smallest absolute Gasteiger partial charge is 0.410 e. The van der Waals surface area contributed by atoms with E-state index >= 15 is 0 Å². The molecule has 2 heterocycles. The van der Waals surface area contributed by atoms with E-state index in [1.807, 2.05) is 0 Å². The number of carbonyl (C=O) groups is 3. The van der Waals surface area contributed by atoms with Crippen LogP contribution in [-0.4, -0.2) is 104 Å². The molecule has 246 valence electrons. The van der Waals surface area contributed by atoms with Gasteiger partial charge in [-0.1, -0.05) is 0 Å². The molecule has 2 N–H and O–H groups in total. The number of nitro groups is 2. The van der Waals surface area contributed by atoms with Crippen LogP contribution in [0.25, 0.3) is 0 Å². The van der Waals surface area contributed by atoms with Gasteiger partial charge in [-0.05, 0) is 41.8 Å². The van der Waals surface area contributed by atoms with Gasteiger partial charge in [-0.25, -0.2) is 4.79 Å². The number of amidine groups is 1. The van der Waals surface area contributed by atoms with Crippen LogP contribution in [0, 0.1) is 25.6 Å². The summed E-state index contributed by atoms with van der Waals surface area (Å²) in [6.45, 7) is 1.16. The third-order valence-corrected chi connectivity index (χ3v) is 8.14. The van der Waals surface area contributed by atoms with Gasteiger partial charge in [0.1, 0.15) is 25.5 Å². The van der Waals surface area contributed by atoms with Crippen molar-refractivity contribution >= 4 is 47.8 Å². The molecule has 0 spiro atoms. The molecule has 17 heteroatoms. The lowest BCUT2D eigenvalue weighted by molar-refractivity contribution is -0.385. The first-order chi connectivity index (χ1) is 21.9. The fourth-order valence-corrected chi connectivity index (χ4v) is 5.60. The van der Waals surface area contributed by atoms with Gasteiger partial charge in [0, 0.05) is 62.2 Å². The van der Waals surface area contributed by atoms with E-state index in [-0.39, 0.29) is 74.1 Å². The van der Waals surface area contributed by atoms with Crippen molar-refractivity contribution in [3.8, 4) is 0 Å². The lowest BCUT2D eigenvalue weighted by Crippen LogP contribution is -2.52. The lowest BCUT2D eigenvalue weighted by atomic mass is 10.0. The zero-order chi connectivity index (χ0) is 33.4. The Kier molecular flexibility index (Phi) is 11.5. The number of nitrogens with one attached hydrogen (secondary N) is 1. The Morgan fingerprint density at radius 1 is 0.891 bits per heavy atom. The standard InChI is InChI=1S/C29H34N6O10S/c30-26(15-28(38)44-17-19-1-5-21(6-2-19)34(40)41)31-9-11-32(12-10-31)27(37)14-25(36)24-13-23(46)16-33(24)29(39)45-18-20-3-7-22(8-4-20)35(42)43/h1-8,23-25,30,36,46H,9-18H2/t23-,24-,25?/m0/s1. The number of hydrogen-bond donors (Lipinski definition) is 3. The third-order valence-electron chi connectivity index (χ3n) is 7.77. The average Bonchev–Trinajstić information content (AvgIpc) is 3.44. The second-order valence-electron chi connectivity index (χ2n) is 10.9. The molecule has 2 aromatic rings. The minimum atomic E-state index is -1.17. The Balaban J connectivity index is 1.19. The van der Waals surface area contributed by atoms with Crippen LogP contribution in [-0.2, 0) is 32.3 Å². The Morgan fingerprint density at radius 2 is 1.39 bits per heavy atom. The average molecular weight is 659 g/mol. The van der Waals surface area contributed by atoms with Gasteiger partial charge in [0.15, 0.2) is 0 Å². The van der Waals surface area contributed by atoms with E-state index in [2.05, 4.69) is 12.6 Å². The van der Waals surface area contributed by atoms with Gasteiger partial charge >= 0.3 is 12.1 Å². The van der Waals surface area contributed by atoms with Crippen LogP contribution in [0.5, 0.6) is 0 Å². The van der Waals surface area contributed by atoms with E-state index in [1.165, 1.54) is 53.4 Å². The molecule has 2 aliphatic heterocycles. The number of piperazine rings is 1. The number of nitro benzene ring substituents is 2. The summed E-state index contributed by atoms with van der Waals surface area (Å²) >= 11 is 4.45. The van der Waals surface area contributed by atoms with Gasteiger partial charge < -0.3 is 29.3 Å². The Hall–Kier alpha value is -4.77. The molecule has 2 saturated heterocycles. The van der Waals surface area contributed by atoms with Crippen molar-refractivity contribution in [1.29, 1.82) is 5.41 Å². The normalized spacial score (nSPS) is 18.5. The molecule has 0 aromatic heterocycles. The van der Waals surface area contributed by atoms with Gasteiger partial charge in [-0.15, -0.1) is 0 Å². The van der Waals surface area contributed by atoms with Crippen LogP contribution in [0.1, 0.15) is 30.4 Å². The Bertz CT molecular complexity index is 1450. The monoisotopic (exact) mass is 658 g/mol. The molecule has 0 radical (unpaired) electrons. The Labute approximate surface area is 269 Å². The number of hydrogen-bond acceptors (Lipinski definition) is 12. The zero-order valence-corrected chi connectivity index (χ0v) is 25.6. The van der Waals surface area contributed by atoms with Crippen molar-refractivity contribution in [3.05, 3.63) is 79.9 Å². The minimum Gasteiger partial charge on any atom is -0.460 e. The predicted molar refractivity (Wildman–Crippen MR) is 165 cm³/mol. The molecule has 4 rings (SSSR count). The molecule has 0 bridgehead atoms.